The second-order valence-electron chi connectivity index (χ2n) is 13.2. The van der Waals surface area contributed by atoms with E-state index in [9.17, 15) is 35.0 Å². The van der Waals surface area contributed by atoms with Gasteiger partial charge in [-0.05, 0) is 87.1 Å². The van der Waals surface area contributed by atoms with Gasteiger partial charge in [0.2, 0.25) is 11.8 Å². The van der Waals surface area contributed by atoms with Crippen LogP contribution in [0.1, 0.15) is 19.4 Å². The normalized spacial score (nSPS) is 10.6. The first-order chi connectivity index (χ1) is 32.2. The van der Waals surface area contributed by atoms with E-state index in [4.69, 9.17) is 67.2 Å². The van der Waals surface area contributed by atoms with Crippen molar-refractivity contribution in [2.75, 3.05) is 4.90 Å². The molecule has 0 saturated heterocycles. The molecule has 0 aliphatic carbocycles. The standard InChI is InChI=1S/C10H10N4O3.C7H6ClN3O.2C6H3ClN4O3.C6H4ClN3O/c1-6(15)13(7(2)16)8-3-4-9-10(5-8)14(17)12-11-9;1-4-5(8)2-3-6-7(4)9-10-11(6)12;7-4-1-3(11(13)14)2-5-6(4)8-9-10(5)12;7-3-1-4-6(8-9-10(4)12)5(2-3)11(13)14;7-4-2-1-3-5-6(4)10(11)9-8-5/h3-5,17H,1-2H3;2-3,12H,1H3;2*1-2,12H;1-3,11H. The number of amides is 2. The Bertz CT molecular complexity index is 3540. The second-order valence-corrected chi connectivity index (χ2v) is 14.8. The Balaban J connectivity index is 0.000000141. The molecule has 2 amide bonds. The molecule has 0 spiro atoms. The quantitative estimate of drug-likeness (QED) is 0.0771. The van der Waals surface area contributed by atoms with Crippen LogP contribution in [0.2, 0.25) is 20.1 Å². The zero-order chi connectivity index (χ0) is 49.7. The number of carbonyl (C=O) groups is 2. The van der Waals surface area contributed by atoms with Crippen molar-refractivity contribution < 1.29 is 45.5 Å². The van der Waals surface area contributed by atoms with Gasteiger partial charge in [0.25, 0.3) is 5.69 Å². The van der Waals surface area contributed by atoms with Crippen molar-refractivity contribution in [3.05, 3.63) is 119 Å². The number of halogens is 4. The lowest BCUT2D eigenvalue weighted by molar-refractivity contribution is -0.384. The fourth-order valence-electron chi connectivity index (χ4n) is 5.78. The topological polar surface area (TPSA) is 378 Å². The fourth-order valence-corrected chi connectivity index (χ4v) is 6.64. The molecule has 0 fully saturated rings. The number of rotatable bonds is 3. The van der Waals surface area contributed by atoms with Crippen LogP contribution in [0.15, 0.2) is 72.8 Å². The molecule has 68 heavy (non-hydrogen) atoms. The van der Waals surface area contributed by atoms with Gasteiger partial charge in [-0.3, -0.25) is 34.7 Å². The average molecular weight is 1020 g/mol. The van der Waals surface area contributed by atoms with Crippen LogP contribution in [-0.4, -0.2) is 123 Å². The predicted molar refractivity (Wildman–Crippen MR) is 235 cm³/mol. The van der Waals surface area contributed by atoms with Gasteiger partial charge in [-0.2, -0.15) is 0 Å². The van der Waals surface area contributed by atoms with Gasteiger partial charge in [-0.1, -0.05) is 76.7 Å². The lowest BCUT2D eigenvalue weighted by Crippen LogP contribution is -2.32. The minimum absolute atomic E-state index is 0.00176. The van der Waals surface area contributed by atoms with Crippen molar-refractivity contribution in [2.24, 2.45) is 0 Å². The van der Waals surface area contributed by atoms with Crippen LogP contribution >= 0.6 is 46.4 Å². The summed E-state index contributed by atoms with van der Waals surface area (Å²) in [4.78, 5) is 46.3. The fraction of sp³-hybridized carbons (Fsp3) is 0.0857. The molecule has 5 N–H and O–H groups in total. The van der Waals surface area contributed by atoms with Gasteiger partial charge in [0.15, 0.2) is 5.52 Å². The van der Waals surface area contributed by atoms with Gasteiger partial charge in [0.05, 0.1) is 25.6 Å². The number of nitrogens with zero attached hydrogens (tertiary/aromatic N) is 18. The summed E-state index contributed by atoms with van der Waals surface area (Å²) in [5.41, 5.74) is 4.14. The maximum atomic E-state index is 11.3. The molecular weight excluding hydrogens is 990 g/mol. The second kappa shape index (κ2) is 20.2. The highest BCUT2D eigenvalue weighted by Gasteiger charge is 2.20. The summed E-state index contributed by atoms with van der Waals surface area (Å²) in [6, 6.07) is 17.9. The molecule has 0 atom stereocenters. The monoisotopic (exact) mass is 1010 g/mol. The summed E-state index contributed by atoms with van der Waals surface area (Å²) in [5.74, 6) is -0.789. The van der Waals surface area contributed by atoms with Crippen molar-refractivity contribution in [3.63, 3.8) is 0 Å². The SMILES string of the molecule is CC(=O)N(C(C)=O)c1ccc2nnn(O)c2c1.Cc1c(Cl)ccc2c1nnn2O.O=[N+]([O-])c1cc(Cl)c2nnn(O)c2c1.O=[N+]([O-])c1cc(Cl)cc2c1nnn2O.On1nnc2cccc(Cl)c21. The summed E-state index contributed by atoms with van der Waals surface area (Å²) < 4.78 is 0. The van der Waals surface area contributed by atoms with E-state index < -0.39 is 21.7 Å². The zero-order valence-corrected chi connectivity index (χ0v) is 37.2. The highest BCUT2D eigenvalue weighted by molar-refractivity contribution is 6.35. The van der Waals surface area contributed by atoms with Crippen molar-refractivity contribution in [3.8, 4) is 0 Å². The number of anilines is 1. The van der Waals surface area contributed by atoms with Gasteiger partial charge in [-0.25, -0.2) is 0 Å². The third-order valence-corrected chi connectivity index (χ3v) is 10.1. The van der Waals surface area contributed by atoms with Crippen molar-refractivity contribution in [2.45, 2.75) is 20.8 Å². The largest absolute Gasteiger partial charge is 0.410 e. The number of aryl methyl sites for hydroxylation is 1. The third-order valence-electron chi connectivity index (χ3n) is 8.85. The van der Waals surface area contributed by atoms with Gasteiger partial charge in [0, 0.05) is 42.1 Å². The summed E-state index contributed by atoms with van der Waals surface area (Å²) in [6.45, 7) is 4.42. The Labute approximate surface area is 394 Å². The molecule has 0 unspecified atom stereocenters. The van der Waals surface area contributed by atoms with Crippen LogP contribution in [-0.2, 0) is 9.59 Å². The van der Waals surface area contributed by atoms with Crippen LogP contribution < -0.4 is 4.90 Å². The Hall–Kier alpha value is -8.80. The molecule has 0 aliphatic heterocycles. The minimum Gasteiger partial charge on any atom is -0.410 e. The number of nitro groups is 2. The maximum absolute atomic E-state index is 11.3. The Morgan fingerprint density at radius 1 is 0.559 bits per heavy atom. The molecule has 10 aromatic rings. The van der Waals surface area contributed by atoms with Gasteiger partial charge in [0.1, 0.15) is 49.7 Å². The van der Waals surface area contributed by atoms with Crippen molar-refractivity contribution in [1.82, 2.24) is 75.8 Å². The molecule has 0 aliphatic rings. The molecule has 0 bridgehead atoms. The molecule has 5 heterocycles. The minimum atomic E-state index is -0.636. The molecule has 350 valence electrons. The van der Waals surface area contributed by atoms with E-state index in [1.54, 1.807) is 42.5 Å². The lowest BCUT2D eigenvalue weighted by Gasteiger charge is -2.16. The number of hydrogen-bond acceptors (Lipinski definition) is 21. The molecule has 33 heteroatoms. The van der Waals surface area contributed by atoms with Crippen molar-refractivity contribution in [1.29, 1.82) is 0 Å². The summed E-state index contributed by atoms with van der Waals surface area (Å²) >= 11 is 22.9. The van der Waals surface area contributed by atoms with E-state index in [0.717, 1.165) is 33.5 Å². The molecule has 0 saturated carbocycles. The van der Waals surface area contributed by atoms with E-state index in [0.29, 0.717) is 68.2 Å². The van der Waals surface area contributed by atoms with E-state index in [2.05, 4.69) is 51.6 Å². The number of imide groups is 1. The Morgan fingerprint density at radius 2 is 1.12 bits per heavy atom. The van der Waals surface area contributed by atoms with Gasteiger partial charge in [-0.15, -0.1) is 25.5 Å². The zero-order valence-electron chi connectivity index (χ0n) is 34.2. The summed E-state index contributed by atoms with van der Waals surface area (Å²) in [7, 11) is 0. The lowest BCUT2D eigenvalue weighted by atomic mass is 10.2. The summed E-state index contributed by atoms with van der Waals surface area (Å²) in [5, 5.41) is 103. The van der Waals surface area contributed by atoms with E-state index in [-0.39, 0.29) is 43.5 Å². The number of nitro benzene ring substituents is 2. The number of para-hydroxylation sites is 1. The van der Waals surface area contributed by atoms with Crippen LogP contribution in [0, 0.1) is 27.2 Å². The first-order valence-corrected chi connectivity index (χ1v) is 19.7. The number of fused-ring (bicyclic) bond motifs is 5. The number of benzene rings is 5. The number of aromatic nitrogens is 15. The molecule has 5 aromatic carbocycles. The molecule has 10 rings (SSSR count). The van der Waals surface area contributed by atoms with E-state index in [1.807, 2.05) is 6.92 Å². The van der Waals surface area contributed by atoms with Crippen molar-refractivity contribution >= 4 is 130 Å². The van der Waals surface area contributed by atoms with E-state index in [1.165, 1.54) is 26.0 Å². The van der Waals surface area contributed by atoms with Gasteiger partial charge >= 0.3 is 5.69 Å². The maximum Gasteiger partial charge on any atom is 0.300 e. The first-order valence-electron chi connectivity index (χ1n) is 18.2. The Morgan fingerprint density at radius 3 is 1.74 bits per heavy atom. The van der Waals surface area contributed by atoms with Crippen LogP contribution in [0.25, 0.3) is 55.2 Å². The van der Waals surface area contributed by atoms with E-state index >= 15 is 0 Å². The average Bonchev–Trinajstić information content (AvgIpc) is 4.13. The molecule has 0 radical (unpaired) electrons. The van der Waals surface area contributed by atoms with Crippen LogP contribution in [0.4, 0.5) is 17.1 Å². The number of non-ortho nitro benzene ring substituents is 2. The van der Waals surface area contributed by atoms with Crippen LogP contribution in [0.5, 0.6) is 0 Å². The first kappa shape index (κ1) is 48.7. The Kier molecular flexibility index (Phi) is 14.4. The number of hydrogen-bond donors (Lipinski definition) is 5. The van der Waals surface area contributed by atoms with Gasteiger partial charge < -0.3 is 26.0 Å². The molecule has 29 nitrogen and oxygen atoms in total. The highest BCUT2D eigenvalue weighted by Crippen LogP contribution is 2.29. The molecular formula is C35H26Cl4N18O11. The summed E-state index contributed by atoms with van der Waals surface area (Å²) in [6.07, 6.45) is 0. The molecule has 5 aromatic heterocycles. The predicted octanol–water partition coefficient (Wildman–Crippen LogP) is 5.98. The van der Waals surface area contributed by atoms with Crippen LogP contribution in [0.3, 0.4) is 0 Å². The smallest absolute Gasteiger partial charge is 0.300 e. The highest BCUT2D eigenvalue weighted by atomic mass is 35.5. The number of carbonyl (C=O) groups excluding carboxylic acids is 2. The third kappa shape index (κ3) is 10.3.